The van der Waals surface area contributed by atoms with Gasteiger partial charge in [-0.1, -0.05) is 36.4 Å². The first-order valence-electron chi connectivity index (χ1n) is 9.09. The van der Waals surface area contributed by atoms with Crippen molar-refractivity contribution in [3.05, 3.63) is 88.4 Å². The lowest BCUT2D eigenvalue weighted by molar-refractivity contribution is 0.0941. The SMILES string of the molecule is O=C(NCCCn1cnc2ccccc21)c1ccccc1C(=O)c1cccs1. The lowest BCUT2D eigenvalue weighted by Crippen LogP contribution is -2.27. The number of amides is 1. The summed E-state index contributed by atoms with van der Waals surface area (Å²) < 4.78 is 2.08. The molecule has 0 unspecified atom stereocenters. The zero-order valence-electron chi connectivity index (χ0n) is 15.2. The number of aromatic nitrogens is 2. The van der Waals surface area contributed by atoms with E-state index in [2.05, 4.69) is 14.9 Å². The minimum absolute atomic E-state index is 0.120. The molecule has 0 spiro atoms. The highest BCUT2D eigenvalue weighted by atomic mass is 32.1. The first kappa shape index (κ1) is 18.1. The van der Waals surface area contributed by atoms with E-state index in [0.29, 0.717) is 22.5 Å². The smallest absolute Gasteiger partial charge is 0.252 e. The van der Waals surface area contributed by atoms with E-state index in [9.17, 15) is 9.59 Å². The van der Waals surface area contributed by atoms with Crippen LogP contribution < -0.4 is 5.32 Å². The van der Waals surface area contributed by atoms with E-state index < -0.39 is 0 Å². The van der Waals surface area contributed by atoms with Gasteiger partial charge in [0, 0.05) is 18.7 Å². The van der Waals surface area contributed by atoms with Crippen LogP contribution in [0.15, 0.2) is 72.4 Å². The molecule has 28 heavy (non-hydrogen) atoms. The highest BCUT2D eigenvalue weighted by Crippen LogP contribution is 2.18. The molecule has 140 valence electrons. The number of fused-ring (bicyclic) bond motifs is 1. The maximum absolute atomic E-state index is 12.7. The second-order valence-corrected chi connectivity index (χ2v) is 7.34. The summed E-state index contributed by atoms with van der Waals surface area (Å²) in [6.07, 6.45) is 2.59. The van der Waals surface area contributed by atoms with Crippen LogP contribution in [0.2, 0.25) is 0 Å². The Morgan fingerprint density at radius 3 is 2.57 bits per heavy atom. The Kier molecular flexibility index (Phi) is 5.30. The van der Waals surface area contributed by atoms with Crippen LogP contribution in [0.4, 0.5) is 0 Å². The van der Waals surface area contributed by atoms with Crippen LogP contribution in [0.3, 0.4) is 0 Å². The molecule has 0 fully saturated rings. The fraction of sp³-hybridized carbons (Fsp3) is 0.136. The molecule has 0 radical (unpaired) electrons. The zero-order valence-corrected chi connectivity index (χ0v) is 16.0. The van der Waals surface area contributed by atoms with Gasteiger partial charge in [0.25, 0.3) is 5.91 Å². The largest absolute Gasteiger partial charge is 0.352 e. The molecule has 2 aromatic carbocycles. The Balaban J connectivity index is 1.39. The maximum Gasteiger partial charge on any atom is 0.252 e. The predicted molar refractivity (Wildman–Crippen MR) is 111 cm³/mol. The van der Waals surface area contributed by atoms with Crippen molar-refractivity contribution < 1.29 is 9.59 Å². The van der Waals surface area contributed by atoms with E-state index in [1.54, 1.807) is 30.3 Å². The average Bonchev–Trinajstić information content (AvgIpc) is 3.41. The zero-order chi connectivity index (χ0) is 19.3. The molecule has 2 heterocycles. The molecule has 1 N–H and O–H groups in total. The van der Waals surface area contributed by atoms with Crippen molar-refractivity contribution >= 4 is 34.1 Å². The fourth-order valence-electron chi connectivity index (χ4n) is 3.15. The molecule has 2 aromatic heterocycles. The number of carbonyl (C=O) groups is 2. The Morgan fingerprint density at radius 1 is 0.964 bits per heavy atom. The van der Waals surface area contributed by atoms with Crippen molar-refractivity contribution in [2.75, 3.05) is 6.54 Å². The van der Waals surface area contributed by atoms with Crippen LogP contribution in [0, 0.1) is 0 Å². The van der Waals surface area contributed by atoms with E-state index in [1.807, 2.05) is 42.0 Å². The van der Waals surface area contributed by atoms with Gasteiger partial charge in [-0.3, -0.25) is 9.59 Å². The second-order valence-electron chi connectivity index (χ2n) is 6.39. The van der Waals surface area contributed by atoms with Crippen LogP contribution in [-0.4, -0.2) is 27.8 Å². The number of benzene rings is 2. The van der Waals surface area contributed by atoms with Crippen LogP contribution in [0.5, 0.6) is 0 Å². The topological polar surface area (TPSA) is 64.0 Å². The molecule has 6 heteroatoms. The number of nitrogens with zero attached hydrogens (tertiary/aromatic N) is 2. The number of carbonyl (C=O) groups excluding carboxylic acids is 2. The lowest BCUT2D eigenvalue weighted by atomic mass is 10.0. The van der Waals surface area contributed by atoms with Gasteiger partial charge < -0.3 is 9.88 Å². The third kappa shape index (κ3) is 3.73. The lowest BCUT2D eigenvalue weighted by Gasteiger charge is -2.09. The van der Waals surface area contributed by atoms with Crippen LogP contribution in [0.1, 0.15) is 32.0 Å². The molecule has 0 atom stereocenters. The third-order valence-electron chi connectivity index (χ3n) is 4.55. The van der Waals surface area contributed by atoms with Crippen LogP contribution in [-0.2, 0) is 6.54 Å². The molecule has 4 aromatic rings. The summed E-state index contributed by atoms with van der Waals surface area (Å²) in [7, 11) is 0. The van der Waals surface area contributed by atoms with Gasteiger partial charge in [-0.2, -0.15) is 0 Å². The summed E-state index contributed by atoms with van der Waals surface area (Å²) in [6.45, 7) is 1.28. The molecular weight excluding hydrogens is 370 g/mol. The first-order chi connectivity index (χ1) is 13.7. The van der Waals surface area contributed by atoms with Crippen LogP contribution in [0.25, 0.3) is 11.0 Å². The van der Waals surface area contributed by atoms with E-state index in [-0.39, 0.29) is 11.7 Å². The number of nitrogens with one attached hydrogen (secondary N) is 1. The Labute approximate surface area is 166 Å². The number of hydrogen-bond donors (Lipinski definition) is 1. The number of rotatable bonds is 7. The Morgan fingerprint density at radius 2 is 1.75 bits per heavy atom. The van der Waals surface area contributed by atoms with E-state index in [4.69, 9.17) is 0 Å². The predicted octanol–water partition coefficient (Wildman–Crippen LogP) is 4.15. The van der Waals surface area contributed by atoms with Crippen molar-refractivity contribution in [2.45, 2.75) is 13.0 Å². The van der Waals surface area contributed by atoms with E-state index >= 15 is 0 Å². The summed E-state index contributed by atoms with van der Waals surface area (Å²) in [5, 5.41) is 4.79. The van der Waals surface area contributed by atoms with Crippen molar-refractivity contribution in [3.8, 4) is 0 Å². The average molecular weight is 389 g/mol. The molecule has 0 aliphatic heterocycles. The number of thiophene rings is 1. The van der Waals surface area contributed by atoms with Gasteiger partial charge in [-0.05, 0) is 36.1 Å². The van der Waals surface area contributed by atoms with Gasteiger partial charge in [0.15, 0.2) is 0 Å². The van der Waals surface area contributed by atoms with Crippen molar-refractivity contribution in [3.63, 3.8) is 0 Å². The first-order valence-corrected chi connectivity index (χ1v) is 9.97. The fourth-order valence-corrected chi connectivity index (χ4v) is 3.83. The standard InChI is InChI=1S/C22H19N3O2S/c26-21(20-11-5-14-28-20)16-7-1-2-8-17(16)22(27)23-12-6-13-25-15-24-18-9-3-4-10-19(18)25/h1-5,7-11,14-15H,6,12-13H2,(H,23,27). The minimum atomic E-state index is -0.226. The molecular formula is C22H19N3O2S. The van der Waals surface area contributed by atoms with Gasteiger partial charge in [0.2, 0.25) is 5.78 Å². The maximum atomic E-state index is 12.7. The van der Waals surface area contributed by atoms with Gasteiger partial charge in [0.1, 0.15) is 0 Å². The summed E-state index contributed by atoms with van der Waals surface area (Å²) in [4.78, 5) is 30.3. The van der Waals surface area contributed by atoms with Gasteiger partial charge in [0.05, 0.1) is 27.8 Å². The van der Waals surface area contributed by atoms with E-state index in [0.717, 1.165) is 24.0 Å². The summed E-state index contributed by atoms with van der Waals surface area (Å²) >= 11 is 1.38. The monoisotopic (exact) mass is 389 g/mol. The highest BCUT2D eigenvalue weighted by molar-refractivity contribution is 7.12. The summed E-state index contributed by atoms with van der Waals surface area (Å²) in [6, 6.07) is 18.5. The van der Waals surface area contributed by atoms with Crippen molar-refractivity contribution in [1.82, 2.24) is 14.9 Å². The minimum Gasteiger partial charge on any atom is -0.352 e. The normalized spacial score (nSPS) is 10.9. The molecule has 0 saturated carbocycles. The molecule has 0 aliphatic carbocycles. The molecule has 0 saturated heterocycles. The number of imidazole rings is 1. The molecule has 0 aliphatic rings. The molecule has 0 bridgehead atoms. The second kappa shape index (κ2) is 8.19. The number of hydrogen-bond acceptors (Lipinski definition) is 4. The van der Waals surface area contributed by atoms with Crippen molar-refractivity contribution in [2.24, 2.45) is 0 Å². The number of para-hydroxylation sites is 2. The van der Waals surface area contributed by atoms with Gasteiger partial charge >= 0.3 is 0 Å². The number of ketones is 1. The van der Waals surface area contributed by atoms with Gasteiger partial charge in [-0.25, -0.2) is 4.98 Å². The van der Waals surface area contributed by atoms with Crippen molar-refractivity contribution in [1.29, 1.82) is 0 Å². The molecule has 4 rings (SSSR count). The molecule has 5 nitrogen and oxygen atoms in total. The summed E-state index contributed by atoms with van der Waals surface area (Å²) in [5.74, 6) is -0.346. The van der Waals surface area contributed by atoms with Gasteiger partial charge in [-0.15, -0.1) is 11.3 Å². The Hall–Kier alpha value is -3.25. The van der Waals surface area contributed by atoms with Crippen LogP contribution >= 0.6 is 11.3 Å². The summed E-state index contributed by atoms with van der Waals surface area (Å²) in [5.41, 5.74) is 2.89. The quantitative estimate of drug-likeness (QED) is 0.381. The van der Waals surface area contributed by atoms with E-state index in [1.165, 1.54) is 11.3 Å². The number of aryl methyl sites for hydroxylation is 1. The highest BCUT2D eigenvalue weighted by Gasteiger charge is 2.18. The third-order valence-corrected chi connectivity index (χ3v) is 5.42. The Bertz CT molecular complexity index is 1120. The molecule has 1 amide bonds.